The number of nitrogens with one attached hydrogen (secondary N) is 1. The Morgan fingerprint density at radius 3 is 2.88 bits per heavy atom. The van der Waals surface area contributed by atoms with Crippen molar-refractivity contribution in [3.63, 3.8) is 0 Å². The Morgan fingerprint density at radius 2 is 2.24 bits per heavy atom. The Morgan fingerprint density at radius 1 is 1.44 bits per heavy atom. The molecule has 0 bridgehead atoms. The molecule has 1 fully saturated rings. The van der Waals surface area contributed by atoms with Crippen LogP contribution in [0.25, 0.3) is 0 Å². The summed E-state index contributed by atoms with van der Waals surface area (Å²) in [7, 11) is 0. The molecule has 2 atom stereocenters. The number of anilines is 1. The van der Waals surface area contributed by atoms with E-state index in [0.29, 0.717) is 17.5 Å². The van der Waals surface area contributed by atoms with E-state index in [9.17, 15) is 4.79 Å². The first-order valence-electron chi connectivity index (χ1n) is 8.78. The predicted octanol–water partition coefficient (Wildman–Crippen LogP) is 1.93. The van der Waals surface area contributed by atoms with Crippen LogP contribution in [0.5, 0.6) is 0 Å². The molecule has 3 rings (SSSR count). The minimum absolute atomic E-state index is 0.0540. The smallest absolute Gasteiger partial charge is 0.242 e. The van der Waals surface area contributed by atoms with Crippen molar-refractivity contribution in [3.05, 3.63) is 23.5 Å². The van der Waals surface area contributed by atoms with E-state index in [1.165, 1.54) is 0 Å². The molecule has 2 aromatic rings. The molecule has 1 N–H and O–H groups in total. The second kappa shape index (κ2) is 7.35. The molecule has 1 amide bonds. The summed E-state index contributed by atoms with van der Waals surface area (Å²) in [5.74, 6) is 3.32. The second-order valence-electron chi connectivity index (χ2n) is 6.88. The largest absolute Gasteiger partial charge is 0.360 e. The van der Waals surface area contributed by atoms with E-state index in [1.807, 2.05) is 25.5 Å². The fourth-order valence-corrected chi connectivity index (χ4v) is 3.40. The highest BCUT2D eigenvalue weighted by Crippen LogP contribution is 2.21. The van der Waals surface area contributed by atoms with Crippen LogP contribution >= 0.6 is 0 Å². The maximum atomic E-state index is 12.5. The van der Waals surface area contributed by atoms with Gasteiger partial charge in [0.05, 0.1) is 6.04 Å². The van der Waals surface area contributed by atoms with E-state index in [0.717, 1.165) is 44.1 Å². The predicted molar refractivity (Wildman–Crippen MR) is 93.1 cm³/mol. The van der Waals surface area contributed by atoms with Crippen molar-refractivity contribution < 1.29 is 9.32 Å². The zero-order chi connectivity index (χ0) is 18.0. The molecule has 0 aliphatic carbocycles. The van der Waals surface area contributed by atoms with Crippen molar-refractivity contribution >= 4 is 11.7 Å². The average Bonchev–Trinajstić information content (AvgIpc) is 3.11. The standard InChI is InChI=1S/C17H26N6O2/c1-11-8-16(21-25-11)19-17(24)12(2)22-7-5-6-15(9-22)10-23-14(4)18-13(3)20-23/h8,12,15H,5-7,9-10H2,1-4H3,(H,19,21,24)/t12-,15-/m0/s1. The molecule has 136 valence electrons. The van der Waals surface area contributed by atoms with Gasteiger partial charge in [-0.05, 0) is 53.0 Å². The maximum Gasteiger partial charge on any atom is 0.242 e. The SMILES string of the molecule is Cc1nc(C)n(C[C@H]2CCCN([C@@H](C)C(=O)Nc3cc(C)on3)C2)n1. The Balaban J connectivity index is 1.58. The number of piperidine rings is 1. The van der Waals surface area contributed by atoms with Gasteiger partial charge in [0.2, 0.25) is 5.91 Å². The zero-order valence-corrected chi connectivity index (χ0v) is 15.3. The van der Waals surface area contributed by atoms with Crippen LogP contribution in [0, 0.1) is 26.7 Å². The van der Waals surface area contributed by atoms with Crippen LogP contribution in [0.1, 0.15) is 37.2 Å². The topological polar surface area (TPSA) is 89.1 Å². The molecule has 1 saturated heterocycles. The molecule has 1 aliphatic heterocycles. The van der Waals surface area contributed by atoms with Crippen LogP contribution in [0.15, 0.2) is 10.6 Å². The van der Waals surface area contributed by atoms with Gasteiger partial charge in [0.1, 0.15) is 17.4 Å². The van der Waals surface area contributed by atoms with Crippen molar-refractivity contribution in [1.82, 2.24) is 24.8 Å². The van der Waals surface area contributed by atoms with Gasteiger partial charge >= 0.3 is 0 Å². The van der Waals surface area contributed by atoms with Gasteiger partial charge in [-0.2, -0.15) is 5.10 Å². The third kappa shape index (κ3) is 4.25. The number of rotatable bonds is 5. The highest BCUT2D eigenvalue weighted by molar-refractivity contribution is 5.93. The molecule has 0 aromatic carbocycles. The van der Waals surface area contributed by atoms with Crippen LogP contribution in [0.3, 0.4) is 0 Å². The van der Waals surface area contributed by atoms with Crippen LogP contribution in [0.2, 0.25) is 0 Å². The molecule has 3 heterocycles. The average molecular weight is 346 g/mol. The highest BCUT2D eigenvalue weighted by Gasteiger charge is 2.28. The second-order valence-corrected chi connectivity index (χ2v) is 6.88. The molecular formula is C17H26N6O2. The van der Waals surface area contributed by atoms with Crippen LogP contribution in [-0.2, 0) is 11.3 Å². The number of nitrogens with zero attached hydrogens (tertiary/aromatic N) is 5. The summed E-state index contributed by atoms with van der Waals surface area (Å²) in [6.07, 6.45) is 2.23. The Bertz CT molecular complexity index is 737. The first-order chi connectivity index (χ1) is 11.9. The molecule has 0 radical (unpaired) electrons. The third-order valence-electron chi connectivity index (χ3n) is 4.75. The van der Waals surface area contributed by atoms with Gasteiger partial charge in [0, 0.05) is 19.2 Å². The number of aromatic nitrogens is 4. The summed E-state index contributed by atoms with van der Waals surface area (Å²) in [5.41, 5.74) is 0. The lowest BCUT2D eigenvalue weighted by Gasteiger charge is -2.36. The molecule has 0 saturated carbocycles. The van der Waals surface area contributed by atoms with Crippen LogP contribution in [0.4, 0.5) is 5.82 Å². The summed E-state index contributed by atoms with van der Waals surface area (Å²) >= 11 is 0. The van der Waals surface area contributed by atoms with Gasteiger partial charge in [0.25, 0.3) is 0 Å². The number of carbonyl (C=O) groups is 1. The number of hydrogen-bond acceptors (Lipinski definition) is 6. The van der Waals surface area contributed by atoms with Crippen molar-refractivity contribution in [1.29, 1.82) is 0 Å². The van der Waals surface area contributed by atoms with Gasteiger partial charge in [-0.25, -0.2) is 9.67 Å². The van der Waals surface area contributed by atoms with E-state index in [1.54, 1.807) is 13.0 Å². The molecule has 0 spiro atoms. The van der Waals surface area contributed by atoms with Crippen molar-refractivity contribution in [3.8, 4) is 0 Å². The van der Waals surface area contributed by atoms with E-state index >= 15 is 0 Å². The summed E-state index contributed by atoms with van der Waals surface area (Å²) < 4.78 is 6.97. The van der Waals surface area contributed by atoms with Gasteiger partial charge in [0.15, 0.2) is 5.82 Å². The number of aryl methyl sites for hydroxylation is 3. The Hall–Kier alpha value is -2.22. The molecule has 0 unspecified atom stereocenters. The summed E-state index contributed by atoms with van der Waals surface area (Å²) in [5, 5.41) is 11.1. The molecular weight excluding hydrogens is 320 g/mol. The van der Waals surface area contributed by atoms with Gasteiger partial charge < -0.3 is 9.84 Å². The van der Waals surface area contributed by atoms with E-state index in [4.69, 9.17) is 4.52 Å². The highest BCUT2D eigenvalue weighted by atomic mass is 16.5. The van der Waals surface area contributed by atoms with Crippen molar-refractivity contribution in [2.75, 3.05) is 18.4 Å². The van der Waals surface area contributed by atoms with Gasteiger partial charge in [-0.3, -0.25) is 9.69 Å². The van der Waals surface area contributed by atoms with E-state index < -0.39 is 0 Å². The van der Waals surface area contributed by atoms with E-state index in [2.05, 4.69) is 25.5 Å². The molecule has 25 heavy (non-hydrogen) atoms. The summed E-state index contributed by atoms with van der Waals surface area (Å²) in [6.45, 7) is 10.3. The van der Waals surface area contributed by atoms with Crippen LogP contribution in [-0.4, -0.2) is 49.9 Å². The monoisotopic (exact) mass is 346 g/mol. The summed E-state index contributed by atoms with van der Waals surface area (Å²) in [4.78, 5) is 19.1. The minimum Gasteiger partial charge on any atom is -0.360 e. The number of amides is 1. The number of hydrogen-bond donors (Lipinski definition) is 1. The van der Waals surface area contributed by atoms with Crippen molar-refractivity contribution in [2.24, 2.45) is 5.92 Å². The lowest BCUT2D eigenvalue weighted by molar-refractivity contribution is -0.121. The van der Waals surface area contributed by atoms with Gasteiger partial charge in [-0.1, -0.05) is 5.16 Å². The molecule has 8 heteroatoms. The normalized spacial score (nSPS) is 19.8. The fraction of sp³-hybridized carbons (Fsp3) is 0.647. The third-order valence-corrected chi connectivity index (χ3v) is 4.75. The Labute approximate surface area is 147 Å². The van der Waals surface area contributed by atoms with Crippen LogP contribution < -0.4 is 5.32 Å². The summed E-state index contributed by atoms with van der Waals surface area (Å²) in [6, 6.07) is 1.51. The molecule has 2 aromatic heterocycles. The van der Waals surface area contributed by atoms with E-state index in [-0.39, 0.29) is 11.9 Å². The Kier molecular flexibility index (Phi) is 5.17. The first kappa shape index (κ1) is 17.6. The maximum absolute atomic E-state index is 12.5. The lowest BCUT2D eigenvalue weighted by Crippen LogP contribution is -2.47. The number of carbonyl (C=O) groups excluding carboxylic acids is 1. The first-order valence-corrected chi connectivity index (χ1v) is 8.78. The minimum atomic E-state index is -0.210. The fourth-order valence-electron chi connectivity index (χ4n) is 3.40. The zero-order valence-electron chi connectivity index (χ0n) is 15.3. The molecule has 1 aliphatic rings. The number of likely N-dealkylation sites (tertiary alicyclic amines) is 1. The lowest BCUT2D eigenvalue weighted by atomic mass is 9.96. The quantitative estimate of drug-likeness (QED) is 0.890. The van der Waals surface area contributed by atoms with Crippen molar-refractivity contribution in [2.45, 2.75) is 53.1 Å². The molecule has 8 nitrogen and oxygen atoms in total. The van der Waals surface area contributed by atoms with Gasteiger partial charge in [-0.15, -0.1) is 0 Å².